The fourth-order valence-electron chi connectivity index (χ4n) is 0.952. The van der Waals surface area contributed by atoms with Crippen molar-refractivity contribution in [1.29, 1.82) is 0 Å². The molecule has 1 amide bonds. The number of carbonyl (C=O) groups is 2. The standard InChI is InChI=1S/C9H14F3NO2/c1-2-3-7(14)6-8(15)13-5-4-9(10,11)12/h2-6H2,1H3,(H,13,15). The molecule has 0 saturated heterocycles. The van der Waals surface area contributed by atoms with Crippen molar-refractivity contribution in [3.8, 4) is 0 Å². The van der Waals surface area contributed by atoms with Crippen LogP contribution >= 0.6 is 0 Å². The highest BCUT2D eigenvalue weighted by molar-refractivity contribution is 5.97. The Morgan fingerprint density at radius 3 is 2.33 bits per heavy atom. The Balaban J connectivity index is 3.62. The fourth-order valence-corrected chi connectivity index (χ4v) is 0.952. The number of carbonyl (C=O) groups excluding carboxylic acids is 2. The molecular formula is C9H14F3NO2. The molecule has 0 heterocycles. The first-order valence-corrected chi connectivity index (χ1v) is 4.70. The number of amides is 1. The van der Waals surface area contributed by atoms with Crippen LogP contribution in [0.5, 0.6) is 0 Å². The second-order valence-corrected chi connectivity index (χ2v) is 3.18. The molecule has 0 rings (SSSR count). The summed E-state index contributed by atoms with van der Waals surface area (Å²) in [5.41, 5.74) is 0. The second kappa shape index (κ2) is 6.42. The largest absolute Gasteiger partial charge is 0.390 e. The summed E-state index contributed by atoms with van der Waals surface area (Å²) in [5.74, 6) is -0.889. The Kier molecular flexibility index (Phi) is 5.96. The number of hydrogen-bond donors (Lipinski definition) is 1. The van der Waals surface area contributed by atoms with E-state index in [9.17, 15) is 22.8 Å². The third-order valence-electron chi connectivity index (χ3n) is 1.62. The summed E-state index contributed by atoms with van der Waals surface area (Å²) in [6, 6.07) is 0. The molecule has 0 aromatic carbocycles. The van der Waals surface area contributed by atoms with E-state index in [1.165, 1.54) is 0 Å². The molecule has 0 atom stereocenters. The van der Waals surface area contributed by atoms with Crippen LogP contribution in [-0.2, 0) is 9.59 Å². The molecule has 15 heavy (non-hydrogen) atoms. The van der Waals surface area contributed by atoms with Crippen molar-refractivity contribution >= 4 is 11.7 Å². The van der Waals surface area contributed by atoms with Crippen molar-refractivity contribution in [2.24, 2.45) is 0 Å². The number of hydrogen-bond acceptors (Lipinski definition) is 2. The molecule has 3 nitrogen and oxygen atoms in total. The highest BCUT2D eigenvalue weighted by Crippen LogP contribution is 2.18. The van der Waals surface area contributed by atoms with Gasteiger partial charge in [0, 0.05) is 13.0 Å². The van der Waals surface area contributed by atoms with Gasteiger partial charge in [-0.3, -0.25) is 9.59 Å². The Morgan fingerprint density at radius 1 is 1.27 bits per heavy atom. The van der Waals surface area contributed by atoms with Gasteiger partial charge in [0.05, 0.1) is 12.8 Å². The van der Waals surface area contributed by atoms with Crippen molar-refractivity contribution in [3.63, 3.8) is 0 Å². The highest BCUT2D eigenvalue weighted by atomic mass is 19.4. The van der Waals surface area contributed by atoms with Gasteiger partial charge >= 0.3 is 6.18 Å². The predicted molar refractivity (Wildman–Crippen MR) is 48.2 cm³/mol. The van der Waals surface area contributed by atoms with Crippen molar-refractivity contribution in [3.05, 3.63) is 0 Å². The Bertz CT molecular complexity index is 226. The average molecular weight is 225 g/mol. The summed E-state index contributed by atoms with van der Waals surface area (Å²) >= 11 is 0. The van der Waals surface area contributed by atoms with Crippen LogP contribution in [0, 0.1) is 0 Å². The minimum absolute atomic E-state index is 0.248. The van der Waals surface area contributed by atoms with E-state index >= 15 is 0 Å². The molecule has 0 spiro atoms. The zero-order chi connectivity index (χ0) is 11.9. The SMILES string of the molecule is CCCC(=O)CC(=O)NCCC(F)(F)F. The molecule has 6 heteroatoms. The van der Waals surface area contributed by atoms with E-state index in [4.69, 9.17) is 0 Å². The van der Waals surface area contributed by atoms with Gasteiger partial charge in [0.25, 0.3) is 0 Å². The molecule has 0 bridgehead atoms. The van der Waals surface area contributed by atoms with Crippen LogP contribution in [-0.4, -0.2) is 24.4 Å². The second-order valence-electron chi connectivity index (χ2n) is 3.18. The summed E-state index contributed by atoms with van der Waals surface area (Å²) < 4.78 is 35.0. The number of rotatable bonds is 6. The van der Waals surface area contributed by atoms with Crippen molar-refractivity contribution in [2.75, 3.05) is 6.54 Å². The lowest BCUT2D eigenvalue weighted by molar-refractivity contribution is -0.136. The van der Waals surface area contributed by atoms with E-state index < -0.39 is 25.0 Å². The summed E-state index contributed by atoms with van der Waals surface area (Å²) in [7, 11) is 0. The van der Waals surface area contributed by atoms with Gasteiger partial charge in [-0.2, -0.15) is 13.2 Å². The van der Waals surface area contributed by atoms with E-state index in [-0.39, 0.29) is 18.6 Å². The molecule has 0 saturated carbocycles. The lowest BCUT2D eigenvalue weighted by Crippen LogP contribution is -2.29. The third kappa shape index (κ3) is 9.24. The number of ketones is 1. The molecule has 0 aliphatic carbocycles. The molecule has 0 unspecified atom stereocenters. The van der Waals surface area contributed by atoms with Gasteiger partial charge in [0.2, 0.25) is 5.91 Å². The lowest BCUT2D eigenvalue weighted by atomic mass is 10.2. The van der Waals surface area contributed by atoms with Gasteiger partial charge in [0.1, 0.15) is 5.78 Å². The molecule has 88 valence electrons. The number of halogens is 3. The van der Waals surface area contributed by atoms with E-state index in [2.05, 4.69) is 0 Å². The van der Waals surface area contributed by atoms with Crippen molar-refractivity contribution in [1.82, 2.24) is 5.32 Å². The third-order valence-corrected chi connectivity index (χ3v) is 1.62. The van der Waals surface area contributed by atoms with Crippen LogP contribution in [0.1, 0.15) is 32.6 Å². The Labute approximate surface area is 86.0 Å². The van der Waals surface area contributed by atoms with Gasteiger partial charge in [0.15, 0.2) is 0 Å². The summed E-state index contributed by atoms with van der Waals surface area (Å²) in [6.07, 6.45) is -4.76. The van der Waals surface area contributed by atoms with Crippen LogP contribution in [0.4, 0.5) is 13.2 Å². The topological polar surface area (TPSA) is 46.2 Å². The minimum atomic E-state index is -4.28. The summed E-state index contributed by atoms with van der Waals surface area (Å²) in [5, 5.41) is 2.05. The maximum atomic E-state index is 11.7. The van der Waals surface area contributed by atoms with Gasteiger partial charge in [-0.15, -0.1) is 0 Å². The van der Waals surface area contributed by atoms with Crippen molar-refractivity contribution < 1.29 is 22.8 Å². The smallest absolute Gasteiger partial charge is 0.355 e. The van der Waals surface area contributed by atoms with Gasteiger partial charge in [-0.25, -0.2) is 0 Å². The quantitative estimate of drug-likeness (QED) is 0.701. The molecule has 0 aliphatic heterocycles. The lowest BCUT2D eigenvalue weighted by Gasteiger charge is -2.07. The molecular weight excluding hydrogens is 211 g/mol. The number of alkyl halides is 3. The number of Topliss-reactive ketones (excluding diaryl/α,β-unsaturated/α-hetero) is 1. The maximum absolute atomic E-state index is 11.7. The monoisotopic (exact) mass is 225 g/mol. The van der Waals surface area contributed by atoms with Crippen molar-refractivity contribution in [2.45, 2.75) is 38.8 Å². The maximum Gasteiger partial charge on any atom is 0.390 e. The molecule has 1 N–H and O–H groups in total. The van der Waals surface area contributed by atoms with Crippen LogP contribution in [0.25, 0.3) is 0 Å². The van der Waals surface area contributed by atoms with Crippen LogP contribution in [0.15, 0.2) is 0 Å². The summed E-state index contributed by atoms with van der Waals surface area (Å²) in [4.78, 5) is 21.8. The first-order chi connectivity index (χ1) is 6.85. The molecule has 0 radical (unpaired) electrons. The van der Waals surface area contributed by atoms with Crippen LogP contribution < -0.4 is 5.32 Å². The average Bonchev–Trinajstić information content (AvgIpc) is 2.01. The molecule has 0 fully saturated rings. The van der Waals surface area contributed by atoms with Crippen LogP contribution in [0.2, 0.25) is 0 Å². The Hall–Kier alpha value is -1.07. The number of nitrogens with one attached hydrogen (secondary N) is 1. The first kappa shape index (κ1) is 13.9. The van der Waals surface area contributed by atoms with Gasteiger partial charge < -0.3 is 5.32 Å². The summed E-state index contributed by atoms with van der Waals surface area (Å²) in [6.45, 7) is 1.32. The van der Waals surface area contributed by atoms with E-state index in [0.717, 1.165) is 0 Å². The van der Waals surface area contributed by atoms with E-state index in [0.29, 0.717) is 6.42 Å². The Morgan fingerprint density at radius 2 is 1.87 bits per heavy atom. The minimum Gasteiger partial charge on any atom is -0.355 e. The first-order valence-electron chi connectivity index (χ1n) is 4.70. The fraction of sp³-hybridized carbons (Fsp3) is 0.778. The van der Waals surface area contributed by atoms with E-state index in [1.807, 2.05) is 5.32 Å². The van der Waals surface area contributed by atoms with E-state index in [1.54, 1.807) is 6.92 Å². The normalized spacial score (nSPS) is 11.2. The van der Waals surface area contributed by atoms with Gasteiger partial charge in [-0.05, 0) is 6.42 Å². The zero-order valence-corrected chi connectivity index (χ0v) is 8.49. The zero-order valence-electron chi connectivity index (χ0n) is 8.49. The molecule has 0 aromatic rings. The molecule has 0 aliphatic rings. The van der Waals surface area contributed by atoms with Crippen LogP contribution in [0.3, 0.4) is 0 Å². The van der Waals surface area contributed by atoms with Gasteiger partial charge in [-0.1, -0.05) is 6.92 Å². The molecule has 0 aromatic heterocycles. The predicted octanol–water partition coefficient (Wildman–Crippen LogP) is 1.81. The highest BCUT2D eigenvalue weighted by Gasteiger charge is 2.26.